The van der Waals surface area contributed by atoms with E-state index in [0.29, 0.717) is 4.96 Å². The average molecular weight is 353 g/mol. The van der Waals surface area contributed by atoms with Crippen LogP contribution in [0.15, 0.2) is 41.2 Å². The number of fused-ring (bicyclic) bond motifs is 1. The molecule has 7 heteroatoms. The van der Waals surface area contributed by atoms with Crippen LogP contribution in [0.2, 0.25) is 0 Å². The lowest BCUT2D eigenvalue weighted by atomic mass is 10.1. The molecule has 0 saturated carbocycles. The normalized spacial score (nSPS) is 15.3. The van der Waals surface area contributed by atoms with Gasteiger partial charge in [-0.3, -0.25) is 4.79 Å². The highest BCUT2D eigenvalue weighted by atomic mass is 32.1. The van der Waals surface area contributed by atoms with Crippen LogP contribution < -0.4 is 15.8 Å². The Hall–Kier alpha value is -2.51. The summed E-state index contributed by atoms with van der Waals surface area (Å²) in [5, 5.41) is 8.58. The van der Waals surface area contributed by atoms with Crippen molar-refractivity contribution >= 4 is 28.2 Å². The van der Waals surface area contributed by atoms with Gasteiger partial charge in [0.2, 0.25) is 4.96 Å². The van der Waals surface area contributed by atoms with Crippen LogP contribution in [0.1, 0.15) is 12.5 Å². The maximum atomic E-state index is 12.5. The highest BCUT2D eigenvalue weighted by molar-refractivity contribution is 7.19. The minimum absolute atomic E-state index is 0.134. The van der Waals surface area contributed by atoms with E-state index < -0.39 is 0 Å². The molecule has 128 valence electrons. The van der Waals surface area contributed by atoms with Gasteiger partial charge >= 0.3 is 0 Å². The zero-order valence-electron chi connectivity index (χ0n) is 14.0. The van der Waals surface area contributed by atoms with Crippen LogP contribution in [0.25, 0.3) is 21.6 Å². The number of hydrogen-bond donors (Lipinski definition) is 1. The van der Waals surface area contributed by atoms with Gasteiger partial charge < -0.3 is 10.2 Å². The molecular formula is C18H19N5OS. The number of nitrogens with one attached hydrogen (secondary N) is 1. The van der Waals surface area contributed by atoms with Crippen molar-refractivity contribution in [2.75, 3.05) is 31.1 Å². The number of anilines is 1. The second-order valence-corrected chi connectivity index (χ2v) is 6.87. The average Bonchev–Trinajstić information content (AvgIpc) is 3.08. The Morgan fingerprint density at radius 3 is 2.88 bits per heavy atom. The van der Waals surface area contributed by atoms with Crippen molar-refractivity contribution < 1.29 is 0 Å². The maximum absolute atomic E-state index is 12.5. The van der Waals surface area contributed by atoms with Crippen LogP contribution >= 0.6 is 11.3 Å². The number of aromatic nitrogens is 3. The van der Waals surface area contributed by atoms with Gasteiger partial charge in [0.15, 0.2) is 0 Å². The maximum Gasteiger partial charge on any atom is 0.277 e. The van der Waals surface area contributed by atoms with Crippen LogP contribution in [-0.2, 0) is 0 Å². The quantitative estimate of drug-likeness (QED) is 0.783. The van der Waals surface area contributed by atoms with Gasteiger partial charge in [-0.05, 0) is 18.6 Å². The summed E-state index contributed by atoms with van der Waals surface area (Å²) in [7, 11) is 0. The molecule has 0 unspecified atom stereocenters. The largest absolute Gasteiger partial charge is 0.354 e. The van der Waals surface area contributed by atoms with E-state index in [1.54, 1.807) is 6.07 Å². The predicted octanol–water partition coefficient (Wildman–Crippen LogP) is 2.26. The Morgan fingerprint density at radius 2 is 2.08 bits per heavy atom. The van der Waals surface area contributed by atoms with E-state index in [1.165, 1.54) is 15.9 Å². The molecule has 1 aliphatic rings. The van der Waals surface area contributed by atoms with Crippen molar-refractivity contribution in [2.45, 2.75) is 6.92 Å². The molecule has 0 atom stereocenters. The van der Waals surface area contributed by atoms with Gasteiger partial charge in [-0.1, -0.05) is 41.7 Å². The standard InChI is InChI=1S/C18H19N5OS/c1-2-4-13-5-3-6-14(11-13)17-21-23-16(24)12-15(20-18(23)25-17)22-9-7-19-8-10-22/h2-6,11-12,19H,7-10H2,1H3/b4-2+. The number of hydrogen-bond acceptors (Lipinski definition) is 6. The third-order valence-corrected chi connectivity index (χ3v) is 5.12. The molecule has 6 nitrogen and oxygen atoms in total. The molecular weight excluding hydrogens is 334 g/mol. The van der Waals surface area contributed by atoms with Crippen LogP contribution in [0.4, 0.5) is 5.82 Å². The Morgan fingerprint density at radius 1 is 1.24 bits per heavy atom. The van der Waals surface area contributed by atoms with Crippen molar-refractivity contribution in [3.63, 3.8) is 0 Å². The fraction of sp³-hybridized carbons (Fsp3) is 0.278. The van der Waals surface area contributed by atoms with Crippen molar-refractivity contribution in [2.24, 2.45) is 0 Å². The molecule has 0 bridgehead atoms. The van der Waals surface area contributed by atoms with Crippen molar-refractivity contribution in [3.8, 4) is 10.6 Å². The minimum Gasteiger partial charge on any atom is -0.354 e. The SMILES string of the molecule is C/C=C/c1cccc(-c2nn3c(=O)cc(N4CCNCC4)nc3s2)c1. The first-order valence-corrected chi connectivity index (χ1v) is 9.16. The summed E-state index contributed by atoms with van der Waals surface area (Å²) in [6.45, 7) is 5.53. The monoisotopic (exact) mass is 353 g/mol. The number of allylic oxidation sites excluding steroid dienone is 1. The van der Waals surface area contributed by atoms with Gasteiger partial charge in [0.25, 0.3) is 5.56 Å². The van der Waals surface area contributed by atoms with Gasteiger partial charge in [0.05, 0.1) is 0 Å². The van der Waals surface area contributed by atoms with Crippen LogP contribution in [0, 0.1) is 0 Å². The molecule has 3 heterocycles. The molecule has 1 saturated heterocycles. The van der Waals surface area contributed by atoms with Crippen LogP contribution in [-0.4, -0.2) is 40.8 Å². The van der Waals surface area contributed by atoms with E-state index in [4.69, 9.17) is 0 Å². The van der Waals surface area contributed by atoms with Gasteiger partial charge in [-0.15, -0.1) is 0 Å². The van der Waals surface area contributed by atoms with E-state index in [0.717, 1.165) is 48.1 Å². The van der Waals surface area contributed by atoms with E-state index in [1.807, 2.05) is 37.3 Å². The van der Waals surface area contributed by atoms with Gasteiger partial charge in [-0.2, -0.15) is 9.61 Å². The second-order valence-electron chi connectivity index (χ2n) is 5.92. The molecule has 1 aliphatic heterocycles. The van der Waals surface area contributed by atoms with E-state index in [9.17, 15) is 4.79 Å². The van der Waals surface area contributed by atoms with Crippen molar-refractivity contribution in [1.29, 1.82) is 0 Å². The molecule has 25 heavy (non-hydrogen) atoms. The number of nitrogens with zero attached hydrogens (tertiary/aromatic N) is 4. The summed E-state index contributed by atoms with van der Waals surface area (Å²) in [6, 6.07) is 9.70. The Balaban J connectivity index is 1.76. The first-order valence-electron chi connectivity index (χ1n) is 8.34. The fourth-order valence-electron chi connectivity index (χ4n) is 2.94. The molecule has 0 radical (unpaired) electrons. The number of benzene rings is 1. The summed E-state index contributed by atoms with van der Waals surface area (Å²) in [5.74, 6) is 0.740. The molecule has 3 aromatic rings. The molecule has 4 rings (SSSR count). The zero-order valence-corrected chi connectivity index (χ0v) is 14.8. The first kappa shape index (κ1) is 16.0. The summed E-state index contributed by atoms with van der Waals surface area (Å²) in [4.78, 5) is 19.9. The van der Waals surface area contributed by atoms with Gasteiger partial charge in [-0.25, -0.2) is 4.98 Å². The molecule has 1 N–H and O–H groups in total. The minimum atomic E-state index is -0.134. The Kier molecular flexibility index (Phi) is 4.33. The van der Waals surface area contributed by atoms with Crippen molar-refractivity contribution in [3.05, 3.63) is 52.3 Å². The predicted molar refractivity (Wildman–Crippen MR) is 102 cm³/mol. The van der Waals surface area contributed by atoms with Crippen LogP contribution in [0.5, 0.6) is 0 Å². The highest BCUT2D eigenvalue weighted by Gasteiger charge is 2.16. The van der Waals surface area contributed by atoms with Crippen LogP contribution in [0.3, 0.4) is 0 Å². The third-order valence-electron chi connectivity index (χ3n) is 4.17. The smallest absolute Gasteiger partial charge is 0.277 e. The summed E-state index contributed by atoms with van der Waals surface area (Å²) in [5.41, 5.74) is 1.97. The lowest BCUT2D eigenvalue weighted by Crippen LogP contribution is -2.44. The molecule has 1 fully saturated rings. The molecule has 0 amide bonds. The second kappa shape index (κ2) is 6.78. The molecule has 1 aromatic carbocycles. The summed E-state index contributed by atoms with van der Waals surface area (Å²) < 4.78 is 1.40. The van der Waals surface area contributed by atoms with E-state index >= 15 is 0 Å². The van der Waals surface area contributed by atoms with E-state index in [2.05, 4.69) is 26.4 Å². The number of piperazine rings is 1. The number of rotatable bonds is 3. The lowest BCUT2D eigenvalue weighted by Gasteiger charge is -2.27. The summed E-state index contributed by atoms with van der Waals surface area (Å²) in [6.07, 6.45) is 4.05. The molecule has 0 spiro atoms. The first-order chi connectivity index (χ1) is 12.2. The van der Waals surface area contributed by atoms with E-state index in [-0.39, 0.29) is 5.56 Å². The zero-order chi connectivity index (χ0) is 17.2. The molecule has 0 aliphatic carbocycles. The Bertz CT molecular complexity index is 985. The highest BCUT2D eigenvalue weighted by Crippen LogP contribution is 2.26. The Labute approximate surface area is 149 Å². The van der Waals surface area contributed by atoms with Gasteiger partial charge in [0.1, 0.15) is 10.8 Å². The lowest BCUT2D eigenvalue weighted by molar-refractivity contribution is 0.584. The van der Waals surface area contributed by atoms with Gasteiger partial charge in [0, 0.05) is 37.8 Å². The van der Waals surface area contributed by atoms with Crippen molar-refractivity contribution in [1.82, 2.24) is 19.9 Å². The topological polar surface area (TPSA) is 62.5 Å². The summed E-state index contributed by atoms with van der Waals surface area (Å²) >= 11 is 1.44. The third kappa shape index (κ3) is 3.20. The molecule has 2 aromatic heterocycles. The fourth-order valence-corrected chi connectivity index (χ4v) is 3.84.